The van der Waals surface area contributed by atoms with Crippen molar-refractivity contribution in [2.75, 3.05) is 32.2 Å². The van der Waals surface area contributed by atoms with E-state index in [9.17, 15) is 4.79 Å². The quantitative estimate of drug-likeness (QED) is 0.849. The van der Waals surface area contributed by atoms with E-state index in [0.717, 1.165) is 31.3 Å². The van der Waals surface area contributed by atoms with E-state index in [0.29, 0.717) is 16.5 Å². The van der Waals surface area contributed by atoms with Crippen molar-refractivity contribution in [1.29, 1.82) is 0 Å². The van der Waals surface area contributed by atoms with Crippen molar-refractivity contribution in [3.8, 4) is 0 Å². The maximum atomic E-state index is 11.5. The second kappa shape index (κ2) is 6.15. The van der Waals surface area contributed by atoms with Crippen LogP contribution in [0.5, 0.6) is 0 Å². The van der Waals surface area contributed by atoms with Crippen molar-refractivity contribution in [3.63, 3.8) is 0 Å². The number of ether oxygens (including phenoxy) is 2. The Kier molecular flexibility index (Phi) is 4.54. The summed E-state index contributed by atoms with van der Waals surface area (Å²) in [6.45, 7) is 4.34. The molecule has 1 aliphatic rings. The normalized spacial score (nSPS) is 19.6. The predicted octanol–water partition coefficient (Wildman–Crippen LogP) is 2.08. The Morgan fingerprint density at radius 3 is 3.17 bits per heavy atom. The first-order valence-corrected chi connectivity index (χ1v) is 6.89. The van der Waals surface area contributed by atoms with Crippen LogP contribution < -0.4 is 5.32 Å². The molecule has 1 saturated heterocycles. The third-order valence-electron chi connectivity index (χ3n) is 2.96. The van der Waals surface area contributed by atoms with E-state index < -0.39 is 0 Å². The minimum absolute atomic E-state index is 0.320. The van der Waals surface area contributed by atoms with E-state index in [1.54, 1.807) is 0 Å². The summed E-state index contributed by atoms with van der Waals surface area (Å²) >= 11 is 1.34. The summed E-state index contributed by atoms with van der Waals surface area (Å²) in [6.07, 6.45) is 2.30. The second-order valence-corrected chi connectivity index (χ2v) is 5.39. The Balaban J connectivity index is 1.91. The number of anilines is 1. The lowest BCUT2D eigenvalue weighted by Gasteiger charge is -2.21. The predicted molar refractivity (Wildman–Crippen MR) is 70.2 cm³/mol. The molecule has 1 N–H and O–H groups in total. The van der Waals surface area contributed by atoms with Gasteiger partial charge in [0.15, 0.2) is 5.13 Å². The molecule has 1 atom stereocenters. The lowest BCUT2D eigenvalue weighted by atomic mass is 10.0. The van der Waals surface area contributed by atoms with Gasteiger partial charge >= 0.3 is 5.97 Å². The second-order valence-electron chi connectivity index (χ2n) is 4.39. The minimum atomic E-state index is -0.320. The summed E-state index contributed by atoms with van der Waals surface area (Å²) < 4.78 is 10.1. The maximum Gasteiger partial charge on any atom is 0.350 e. The van der Waals surface area contributed by atoms with Gasteiger partial charge in [-0.3, -0.25) is 0 Å². The molecule has 0 amide bonds. The number of carbonyl (C=O) groups excluding carboxylic acids is 1. The number of nitrogens with one attached hydrogen (secondary N) is 1. The van der Waals surface area contributed by atoms with Crippen molar-refractivity contribution >= 4 is 22.4 Å². The van der Waals surface area contributed by atoms with Crippen LogP contribution in [0.1, 0.15) is 28.2 Å². The molecular formula is C12H18N2O3S. The van der Waals surface area contributed by atoms with E-state index in [4.69, 9.17) is 9.47 Å². The number of aryl methyl sites for hydroxylation is 1. The zero-order chi connectivity index (χ0) is 13.0. The summed E-state index contributed by atoms with van der Waals surface area (Å²) in [6, 6.07) is 0. The van der Waals surface area contributed by atoms with E-state index in [1.165, 1.54) is 24.9 Å². The number of carbonyl (C=O) groups is 1. The van der Waals surface area contributed by atoms with E-state index in [2.05, 4.69) is 10.3 Å². The molecule has 0 aliphatic carbocycles. The zero-order valence-electron chi connectivity index (χ0n) is 10.7. The van der Waals surface area contributed by atoms with Gasteiger partial charge in [-0.2, -0.15) is 0 Å². The number of esters is 1. The number of hydrogen-bond donors (Lipinski definition) is 1. The fourth-order valence-corrected chi connectivity index (χ4v) is 2.85. The van der Waals surface area contributed by atoms with Crippen LogP contribution >= 0.6 is 11.3 Å². The molecule has 100 valence electrons. The van der Waals surface area contributed by atoms with Crippen molar-refractivity contribution in [1.82, 2.24) is 4.98 Å². The van der Waals surface area contributed by atoms with Crippen LogP contribution in [0.3, 0.4) is 0 Å². The first-order valence-electron chi connectivity index (χ1n) is 6.08. The Morgan fingerprint density at radius 1 is 1.67 bits per heavy atom. The zero-order valence-corrected chi connectivity index (χ0v) is 11.5. The number of rotatable bonds is 4. The van der Waals surface area contributed by atoms with Gasteiger partial charge in [0.1, 0.15) is 4.88 Å². The van der Waals surface area contributed by atoms with Crippen LogP contribution in [0.25, 0.3) is 0 Å². The van der Waals surface area contributed by atoms with E-state index >= 15 is 0 Å². The van der Waals surface area contributed by atoms with Crippen LogP contribution in [0.2, 0.25) is 0 Å². The van der Waals surface area contributed by atoms with Crippen LogP contribution in [-0.4, -0.2) is 37.8 Å². The molecule has 1 aromatic rings. The first-order chi connectivity index (χ1) is 8.70. The molecule has 5 nitrogen and oxygen atoms in total. The van der Waals surface area contributed by atoms with Gasteiger partial charge in [0.25, 0.3) is 0 Å². The molecule has 2 heterocycles. The minimum Gasteiger partial charge on any atom is -0.465 e. The monoisotopic (exact) mass is 270 g/mol. The van der Waals surface area contributed by atoms with Gasteiger partial charge < -0.3 is 14.8 Å². The highest BCUT2D eigenvalue weighted by Crippen LogP contribution is 2.24. The van der Waals surface area contributed by atoms with Gasteiger partial charge in [-0.15, -0.1) is 0 Å². The first kappa shape index (κ1) is 13.3. The fourth-order valence-electron chi connectivity index (χ4n) is 1.95. The molecule has 2 rings (SSSR count). The molecule has 6 heteroatoms. The molecule has 1 aliphatic heterocycles. The van der Waals surface area contributed by atoms with Crippen LogP contribution in [0.4, 0.5) is 5.13 Å². The molecule has 1 fully saturated rings. The van der Waals surface area contributed by atoms with E-state index in [-0.39, 0.29) is 5.97 Å². The SMILES string of the molecule is COC(=O)c1sc(NCC2CCCOC2)nc1C. The number of nitrogens with zero attached hydrogens (tertiary/aromatic N) is 1. The summed E-state index contributed by atoms with van der Waals surface area (Å²) in [5, 5.41) is 4.05. The third-order valence-corrected chi connectivity index (χ3v) is 4.06. The smallest absolute Gasteiger partial charge is 0.350 e. The van der Waals surface area contributed by atoms with Gasteiger partial charge in [0, 0.05) is 13.2 Å². The molecule has 0 radical (unpaired) electrons. The maximum absolute atomic E-state index is 11.5. The van der Waals surface area contributed by atoms with Gasteiger partial charge in [-0.1, -0.05) is 11.3 Å². The molecule has 0 bridgehead atoms. The standard InChI is InChI=1S/C12H18N2O3S/c1-8-10(11(15)16-2)18-12(14-8)13-6-9-4-3-5-17-7-9/h9H,3-7H2,1-2H3,(H,13,14). The number of thiazole rings is 1. The molecule has 1 aromatic heterocycles. The Bertz CT molecular complexity index is 413. The average Bonchev–Trinajstić information content (AvgIpc) is 2.78. The highest BCUT2D eigenvalue weighted by atomic mass is 32.1. The third kappa shape index (κ3) is 3.20. The van der Waals surface area contributed by atoms with E-state index in [1.807, 2.05) is 6.92 Å². The van der Waals surface area contributed by atoms with Crippen molar-refractivity contribution in [3.05, 3.63) is 10.6 Å². The Morgan fingerprint density at radius 2 is 2.50 bits per heavy atom. The fraction of sp³-hybridized carbons (Fsp3) is 0.667. The van der Waals surface area contributed by atoms with Gasteiger partial charge in [-0.05, 0) is 25.7 Å². The summed E-state index contributed by atoms with van der Waals surface area (Å²) in [4.78, 5) is 16.4. The molecule has 1 unspecified atom stereocenters. The molecular weight excluding hydrogens is 252 g/mol. The number of hydrogen-bond acceptors (Lipinski definition) is 6. The number of methoxy groups -OCH3 is 1. The lowest BCUT2D eigenvalue weighted by Crippen LogP contribution is -2.24. The van der Waals surface area contributed by atoms with Crippen LogP contribution in [-0.2, 0) is 9.47 Å². The highest BCUT2D eigenvalue weighted by Gasteiger charge is 2.17. The average molecular weight is 270 g/mol. The summed E-state index contributed by atoms with van der Waals surface area (Å²) in [7, 11) is 1.38. The molecule has 0 aromatic carbocycles. The van der Waals surface area contributed by atoms with Gasteiger partial charge in [0.2, 0.25) is 0 Å². The lowest BCUT2D eigenvalue weighted by molar-refractivity contribution is 0.0594. The Labute approximate surface area is 111 Å². The number of aromatic nitrogens is 1. The summed E-state index contributed by atoms with van der Waals surface area (Å²) in [5.41, 5.74) is 0.717. The molecule has 0 spiro atoms. The largest absolute Gasteiger partial charge is 0.465 e. The van der Waals surface area contributed by atoms with Crippen molar-refractivity contribution in [2.24, 2.45) is 5.92 Å². The van der Waals surface area contributed by atoms with Crippen LogP contribution in [0, 0.1) is 12.8 Å². The van der Waals surface area contributed by atoms with Crippen LogP contribution in [0.15, 0.2) is 0 Å². The van der Waals surface area contributed by atoms with Gasteiger partial charge in [0.05, 0.1) is 19.4 Å². The van der Waals surface area contributed by atoms with Gasteiger partial charge in [-0.25, -0.2) is 9.78 Å². The summed E-state index contributed by atoms with van der Waals surface area (Å²) in [5.74, 6) is 0.212. The highest BCUT2D eigenvalue weighted by molar-refractivity contribution is 7.17. The topological polar surface area (TPSA) is 60.5 Å². The Hall–Kier alpha value is -1.14. The molecule has 18 heavy (non-hydrogen) atoms. The molecule has 0 saturated carbocycles. The van der Waals surface area contributed by atoms with Crippen molar-refractivity contribution < 1.29 is 14.3 Å². The van der Waals surface area contributed by atoms with Crippen molar-refractivity contribution in [2.45, 2.75) is 19.8 Å².